The van der Waals surface area contributed by atoms with Crippen LogP contribution in [0.4, 0.5) is 0 Å². The van der Waals surface area contributed by atoms with E-state index in [9.17, 15) is 9.90 Å². The molecule has 0 aliphatic carbocycles. The molecular formula is C15H28O3. The molecule has 1 N–H and O–H groups in total. The summed E-state index contributed by atoms with van der Waals surface area (Å²) in [4.78, 5) is 11.8. The summed E-state index contributed by atoms with van der Waals surface area (Å²) in [5, 5.41) is 9.94. The molecule has 0 aromatic heterocycles. The maximum absolute atomic E-state index is 11.8. The van der Waals surface area contributed by atoms with E-state index >= 15 is 0 Å². The minimum absolute atomic E-state index is 0.0184. The van der Waals surface area contributed by atoms with Gasteiger partial charge in [0, 0.05) is 0 Å². The Morgan fingerprint density at radius 2 is 1.44 bits per heavy atom. The predicted octanol–water partition coefficient (Wildman–Crippen LogP) is 3.44. The quantitative estimate of drug-likeness (QED) is 0.675. The largest absolute Gasteiger partial charge is 0.462 e. The third kappa shape index (κ3) is 5.85. The summed E-state index contributed by atoms with van der Waals surface area (Å²) >= 11 is 0. The van der Waals surface area contributed by atoms with Gasteiger partial charge < -0.3 is 9.84 Å². The second-order valence-electron chi connectivity index (χ2n) is 5.66. The fraction of sp³-hybridized carbons (Fsp3) is 0.933. The summed E-state index contributed by atoms with van der Waals surface area (Å²) in [5.74, 6) is -0.637. The average Bonchev–Trinajstić information content (AvgIpc) is 2.34. The fourth-order valence-corrected chi connectivity index (χ4v) is 2.44. The standard InChI is InChI=1S/C15H28O3/c1-12-10-8-6-4-3-5-7-9-11-14(16)13(2)15(17)18-12/h12-14,16H,3-11H2,1-2H3/t12?,13-,14-/m1/s1. The maximum Gasteiger partial charge on any atom is 0.311 e. The second-order valence-corrected chi connectivity index (χ2v) is 5.66. The lowest BCUT2D eigenvalue weighted by molar-refractivity contribution is -0.156. The van der Waals surface area contributed by atoms with Gasteiger partial charge in [-0.2, -0.15) is 0 Å². The molecule has 106 valence electrons. The van der Waals surface area contributed by atoms with Gasteiger partial charge in [0.15, 0.2) is 0 Å². The third-order valence-corrected chi connectivity index (χ3v) is 3.88. The third-order valence-electron chi connectivity index (χ3n) is 3.88. The number of carbonyl (C=O) groups excluding carboxylic acids is 1. The van der Waals surface area contributed by atoms with Gasteiger partial charge in [-0.25, -0.2) is 0 Å². The summed E-state index contributed by atoms with van der Waals surface area (Å²) in [6, 6.07) is 0. The number of cyclic esters (lactones) is 1. The molecule has 18 heavy (non-hydrogen) atoms. The second kappa shape index (κ2) is 8.52. The van der Waals surface area contributed by atoms with Crippen LogP contribution in [0.2, 0.25) is 0 Å². The molecule has 0 aromatic carbocycles. The number of ether oxygens (including phenoxy) is 1. The Morgan fingerprint density at radius 1 is 0.944 bits per heavy atom. The normalized spacial score (nSPS) is 33.5. The lowest BCUT2D eigenvalue weighted by Crippen LogP contribution is -2.29. The van der Waals surface area contributed by atoms with Crippen LogP contribution in [0.1, 0.15) is 71.6 Å². The fourth-order valence-electron chi connectivity index (χ4n) is 2.44. The zero-order valence-electron chi connectivity index (χ0n) is 11.9. The molecule has 0 amide bonds. The van der Waals surface area contributed by atoms with Gasteiger partial charge in [0.05, 0.1) is 18.1 Å². The van der Waals surface area contributed by atoms with Gasteiger partial charge in [-0.1, -0.05) is 38.5 Å². The smallest absolute Gasteiger partial charge is 0.311 e. The Labute approximate surface area is 111 Å². The van der Waals surface area contributed by atoms with Crippen molar-refractivity contribution in [2.24, 2.45) is 5.92 Å². The molecule has 0 spiro atoms. The lowest BCUT2D eigenvalue weighted by Gasteiger charge is -2.21. The van der Waals surface area contributed by atoms with Crippen LogP contribution in [0.5, 0.6) is 0 Å². The molecule has 1 saturated heterocycles. The number of aliphatic hydroxyl groups excluding tert-OH is 1. The molecule has 1 unspecified atom stereocenters. The van der Waals surface area contributed by atoms with Crippen LogP contribution in [0, 0.1) is 5.92 Å². The highest BCUT2D eigenvalue weighted by Gasteiger charge is 2.24. The number of esters is 1. The molecule has 0 radical (unpaired) electrons. The average molecular weight is 256 g/mol. The molecule has 0 bridgehead atoms. The highest BCUT2D eigenvalue weighted by molar-refractivity contribution is 5.72. The van der Waals surface area contributed by atoms with Crippen LogP contribution < -0.4 is 0 Å². The van der Waals surface area contributed by atoms with E-state index in [2.05, 4.69) is 0 Å². The van der Waals surface area contributed by atoms with Gasteiger partial charge in [0.1, 0.15) is 0 Å². The Kier molecular flexibility index (Phi) is 7.33. The topological polar surface area (TPSA) is 46.5 Å². The van der Waals surface area contributed by atoms with Crippen molar-refractivity contribution < 1.29 is 14.6 Å². The summed E-state index contributed by atoms with van der Waals surface area (Å²) in [5.41, 5.74) is 0. The highest BCUT2D eigenvalue weighted by Crippen LogP contribution is 2.18. The van der Waals surface area contributed by atoms with Crippen LogP contribution in [0.25, 0.3) is 0 Å². The van der Waals surface area contributed by atoms with E-state index < -0.39 is 12.0 Å². The van der Waals surface area contributed by atoms with Crippen molar-refractivity contribution in [3.05, 3.63) is 0 Å². The van der Waals surface area contributed by atoms with Crippen LogP contribution in [-0.2, 0) is 9.53 Å². The Balaban J connectivity index is 2.46. The monoisotopic (exact) mass is 256 g/mol. The molecule has 3 heteroatoms. The van der Waals surface area contributed by atoms with Crippen LogP contribution >= 0.6 is 0 Å². The van der Waals surface area contributed by atoms with E-state index in [4.69, 9.17) is 4.74 Å². The number of aliphatic hydroxyl groups is 1. The summed E-state index contributed by atoms with van der Waals surface area (Å²) in [7, 11) is 0. The van der Waals surface area contributed by atoms with Crippen LogP contribution in [0.15, 0.2) is 0 Å². The molecule has 1 rings (SSSR count). The minimum atomic E-state index is -0.548. The number of carbonyl (C=O) groups is 1. The van der Waals surface area contributed by atoms with Gasteiger partial charge in [0.25, 0.3) is 0 Å². The Hall–Kier alpha value is -0.570. The van der Waals surface area contributed by atoms with Crippen molar-refractivity contribution in [2.45, 2.75) is 83.8 Å². The maximum atomic E-state index is 11.8. The molecule has 1 aliphatic heterocycles. The van der Waals surface area contributed by atoms with Gasteiger partial charge in [0.2, 0.25) is 0 Å². The van der Waals surface area contributed by atoms with Crippen molar-refractivity contribution in [3.63, 3.8) is 0 Å². The molecule has 3 nitrogen and oxygen atoms in total. The van der Waals surface area contributed by atoms with E-state index in [0.29, 0.717) is 6.42 Å². The zero-order chi connectivity index (χ0) is 13.4. The Bertz CT molecular complexity index is 240. The van der Waals surface area contributed by atoms with Crippen LogP contribution in [-0.4, -0.2) is 23.3 Å². The summed E-state index contributed by atoms with van der Waals surface area (Å²) < 4.78 is 5.38. The summed E-state index contributed by atoms with van der Waals surface area (Å²) in [6.07, 6.45) is 9.44. The first-order valence-electron chi connectivity index (χ1n) is 7.50. The van der Waals surface area contributed by atoms with Crippen molar-refractivity contribution >= 4 is 5.97 Å². The lowest BCUT2D eigenvalue weighted by atomic mass is 9.97. The predicted molar refractivity (Wildman–Crippen MR) is 72.3 cm³/mol. The molecular weight excluding hydrogens is 228 g/mol. The van der Waals surface area contributed by atoms with E-state index in [0.717, 1.165) is 25.7 Å². The number of hydrogen-bond acceptors (Lipinski definition) is 3. The molecule has 1 heterocycles. The van der Waals surface area contributed by atoms with E-state index in [1.165, 1.54) is 25.7 Å². The molecule has 3 atom stereocenters. The minimum Gasteiger partial charge on any atom is -0.462 e. The molecule has 1 fully saturated rings. The van der Waals surface area contributed by atoms with Gasteiger partial charge in [-0.15, -0.1) is 0 Å². The van der Waals surface area contributed by atoms with Crippen molar-refractivity contribution in [2.75, 3.05) is 0 Å². The van der Waals surface area contributed by atoms with Crippen LogP contribution in [0.3, 0.4) is 0 Å². The van der Waals surface area contributed by atoms with E-state index in [-0.39, 0.29) is 12.1 Å². The van der Waals surface area contributed by atoms with E-state index in [1.54, 1.807) is 6.92 Å². The first-order valence-corrected chi connectivity index (χ1v) is 7.50. The summed E-state index contributed by atoms with van der Waals surface area (Å²) in [6.45, 7) is 3.72. The zero-order valence-corrected chi connectivity index (χ0v) is 11.9. The van der Waals surface area contributed by atoms with Crippen molar-refractivity contribution in [1.82, 2.24) is 0 Å². The number of rotatable bonds is 0. The molecule has 1 aliphatic rings. The van der Waals surface area contributed by atoms with Gasteiger partial charge in [-0.05, 0) is 33.1 Å². The molecule has 0 aromatic rings. The Morgan fingerprint density at radius 3 is 2.06 bits per heavy atom. The van der Waals surface area contributed by atoms with Gasteiger partial charge >= 0.3 is 5.97 Å². The molecule has 0 saturated carbocycles. The van der Waals surface area contributed by atoms with Crippen molar-refractivity contribution in [3.8, 4) is 0 Å². The number of hydrogen-bond donors (Lipinski definition) is 1. The van der Waals surface area contributed by atoms with E-state index in [1.807, 2.05) is 6.92 Å². The van der Waals surface area contributed by atoms with Crippen molar-refractivity contribution in [1.29, 1.82) is 0 Å². The first kappa shape index (κ1) is 15.5. The van der Waals surface area contributed by atoms with Gasteiger partial charge in [-0.3, -0.25) is 4.79 Å². The SMILES string of the molecule is CC1CCCCCCCCC[C@@H](O)[C@@H](C)C(=O)O1. The highest BCUT2D eigenvalue weighted by atomic mass is 16.5. The first-order chi connectivity index (χ1) is 8.61.